The van der Waals surface area contributed by atoms with Gasteiger partial charge in [-0.15, -0.1) is 5.10 Å². The van der Waals surface area contributed by atoms with Crippen molar-refractivity contribution in [3.05, 3.63) is 23.3 Å². The molecule has 2 aromatic heterocycles. The average Bonchev–Trinajstić information content (AvgIpc) is 3.23. The summed E-state index contributed by atoms with van der Waals surface area (Å²) in [4.78, 5) is 23.0. The van der Waals surface area contributed by atoms with Crippen molar-refractivity contribution >= 4 is 33.7 Å². The summed E-state index contributed by atoms with van der Waals surface area (Å²) in [7, 11) is -1.53. The Labute approximate surface area is 228 Å². The van der Waals surface area contributed by atoms with Gasteiger partial charge in [-0.1, -0.05) is 6.42 Å². The number of piperidine rings is 2. The minimum absolute atomic E-state index is 0.0675. The van der Waals surface area contributed by atoms with Gasteiger partial charge < -0.3 is 20.1 Å². The van der Waals surface area contributed by atoms with Gasteiger partial charge in [0.05, 0.1) is 12.4 Å². The number of sulfonamides is 1. The summed E-state index contributed by atoms with van der Waals surface area (Å²) >= 11 is 0. The standard InChI is InChI=1S/C25H38FN7O5S/c1-7-39(36,37)33-16-9-8-10-17(33)13-18(12-16)31(6)23-27-19(14-34)21(26)22(29-23)28-20-11-15(2)32(30-20)24(35)38-25(3,4)5/h11,16-18,34H,7-10,12-14H2,1-6H3,(H,27,28,29,30)/t16-,17+,18-. The molecular weight excluding hydrogens is 529 g/mol. The number of anilines is 3. The lowest BCUT2D eigenvalue weighted by Crippen LogP contribution is -2.58. The van der Waals surface area contributed by atoms with Crippen LogP contribution in [0, 0.1) is 12.7 Å². The normalized spacial score (nSPS) is 22.0. The van der Waals surface area contributed by atoms with Gasteiger partial charge in [0.15, 0.2) is 17.5 Å². The SMILES string of the molecule is CCS(=O)(=O)N1[C@@H]2CCC[C@H]1C[C@H](N(C)c1nc(CO)c(F)c(Nc3cc(C)n(C(=O)OC(C)(C)C)n3)n1)C2. The van der Waals surface area contributed by atoms with Crippen LogP contribution in [0.3, 0.4) is 0 Å². The van der Waals surface area contributed by atoms with E-state index >= 15 is 4.39 Å². The molecule has 2 aromatic rings. The third kappa shape index (κ3) is 6.17. The Morgan fingerprint density at radius 1 is 1.26 bits per heavy atom. The molecule has 2 fully saturated rings. The van der Waals surface area contributed by atoms with E-state index in [1.165, 1.54) is 0 Å². The maximum atomic E-state index is 15.2. The Balaban J connectivity index is 1.59. The van der Waals surface area contributed by atoms with Crippen LogP contribution in [0.4, 0.5) is 26.8 Å². The molecule has 0 spiro atoms. The first-order valence-corrected chi connectivity index (χ1v) is 14.8. The first kappa shape index (κ1) is 29.2. The van der Waals surface area contributed by atoms with Crippen LogP contribution in [0.25, 0.3) is 0 Å². The molecule has 2 aliphatic heterocycles. The van der Waals surface area contributed by atoms with E-state index in [0.29, 0.717) is 18.5 Å². The fourth-order valence-corrected chi connectivity index (χ4v) is 6.95. The monoisotopic (exact) mass is 567 g/mol. The summed E-state index contributed by atoms with van der Waals surface area (Å²) in [5.74, 6) is -0.599. The van der Waals surface area contributed by atoms with Crippen LogP contribution in [0.15, 0.2) is 6.07 Å². The van der Waals surface area contributed by atoms with Crippen LogP contribution >= 0.6 is 0 Å². The number of nitrogens with one attached hydrogen (secondary N) is 1. The number of hydrogen-bond acceptors (Lipinski definition) is 10. The number of aliphatic hydroxyl groups excluding tert-OH is 1. The van der Waals surface area contributed by atoms with Gasteiger partial charge in [0, 0.05) is 36.9 Å². The number of fused-ring (bicyclic) bond motifs is 2. The third-order valence-corrected chi connectivity index (χ3v) is 9.16. The van der Waals surface area contributed by atoms with Gasteiger partial charge in [-0.05, 0) is 60.3 Å². The molecule has 2 saturated heterocycles. The summed E-state index contributed by atoms with van der Waals surface area (Å²) in [6, 6.07) is 1.27. The van der Waals surface area contributed by atoms with E-state index in [1.807, 2.05) is 4.90 Å². The summed E-state index contributed by atoms with van der Waals surface area (Å²) in [6.45, 7) is 7.92. The number of carbonyl (C=O) groups is 1. The number of aromatic nitrogens is 4. The number of ether oxygens (including phenoxy) is 1. The molecule has 0 radical (unpaired) electrons. The van der Waals surface area contributed by atoms with E-state index < -0.39 is 34.1 Å². The predicted molar refractivity (Wildman–Crippen MR) is 144 cm³/mol. The zero-order valence-corrected chi connectivity index (χ0v) is 24.1. The van der Waals surface area contributed by atoms with E-state index in [-0.39, 0.29) is 47.2 Å². The van der Waals surface area contributed by atoms with Crippen LogP contribution in [0.5, 0.6) is 0 Å². The number of nitrogens with zero attached hydrogens (tertiary/aromatic N) is 6. The maximum Gasteiger partial charge on any atom is 0.435 e. The van der Waals surface area contributed by atoms with Gasteiger partial charge in [0.1, 0.15) is 11.3 Å². The molecule has 0 aromatic carbocycles. The van der Waals surface area contributed by atoms with Crippen LogP contribution in [0.2, 0.25) is 0 Å². The molecule has 0 amide bonds. The van der Waals surface area contributed by atoms with Crippen molar-refractivity contribution in [2.24, 2.45) is 0 Å². The first-order valence-electron chi connectivity index (χ1n) is 13.2. The van der Waals surface area contributed by atoms with Crippen LogP contribution in [-0.4, -0.2) is 80.2 Å². The van der Waals surface area contributed by atoms with Crippen LogP contribution in [-0.2, 0) is 21.4 Å². The molecule has 39 heavy (non-hydrogen) atoms. The predicted octanol–water partition coefficient (Wildman–Crippen LogP) is 3.31. The highest BCUT2D eigenvalue weighted by Crippen LogP contribution is 2.38. The Bertz CT molecular complexity index is 1310. The van der Waals surface area contributed by atoms with Crippen molar-refractivity contribution in [2.45, 2.75) is 97.1 Å². The molecule has 2 aliphatic rings. The maximum absolute atomic E-state index is 15.2. The number of aliphatic hydroxyl groups is 1. The zero-order valence-electron chi connectivity index (χ0n) is 23.3. The molecule has 3 atom stereocenters. The third-order valence-electron chi connectivity index (χ3n) is 7.19. The second-order valence-corrected chi connectivity index (χ2v) is 13.3. The minimum atomic E-state index is -3.32. The molecule has 0 saturated carbocycles. The summed E-state index contributed by atoms with van der Waals surface area (Å²) in [5, 5.41) is 16.8. The highest BCUT2D eigenvalue weighted by Gasteiger charge is 2.45. The second-order valence-electron chi connectivity index (χ2n) is 11.2. The summed E-state index contributed by atoms with van der Waals surface area (Å²) < 4.78 is 48.8. The first-order chi connectivity index (χ1) is 18.2. The molecule has 0 unspecified atom stereocenters. The molecule has 2 bridgehead atoms. The van der Waals surface area contributed by atoms with E-state index in [1.54, 1.807) is 52.0 Å². The van der Waals surface area contributed by atoms with E-state index in [4.69, 9.17) is 4.74 Å². The van der Waals surface area contributed by atoms with Crippen molar-refractivity contribution in [1.82, 2.24) is 24.1 Å². The summed E-state index contributed by atoms with van der Waals surface area (Å²) in [5.41, 5.74) is -0.433. The van der Waals surface area contributed by atoms with Gasteiger partial charge in [-0.25, -0.2) is 22.6 Å². The van der Waals surface area contributed by atoms with E-state index in [9.17, 15) is 18.3 Å². The van der Waals surface area contributed by atoms with Gasteiger partial charge in [0.25, 0.3) is 0 Å². The Kier molecular flexibility index (Phi) is 8.20. The quantitative estimate of drug-likeness (QED) is 0.511. The number of aryl methyl sites for hydroxylation is 1. The Morgan fingerprint density at radius 2 is 1.90 bits per heavy atom. The lowest BCUT2D eigenvalue weighted by molar-refractivity contribution is 0.0511. The topological polar surface area (TPSA) is 143 Å². The van der Waals surface area contributed by atoms with Crippen molar-refractivity contribution in [3.8, 4) is 0 Å². The molecule has 216 valence electrons. The zero-order chi connectivity index (χ0) is 28.7. The Morgan fingerprint density at radius 3 is 2.46 bits per heavy atom. The molecule has 4 heterocycles. The fraction of sp³-hybridized carbons (Fsp3) is 0.680. The molecule has 4 rings (SSSR count). The van der Waals surface area contributed by atoms with E-state index in [2.05, 4.69) is 20.4 Å². The second kappa shape index (κ2) is 11.0. The largest absolute Gasteiger partial charge is 0.442 e. The minimum Gasteiger partial charge on any atom is -0.442 e. The summed E-state index contributed by atoms with van der Waals surface area (Å²) in [6.07, 6.45) is 3.09. The van der Waals surface area contributed by atoms with Crippen molar-refractivity contribution in [1.29, 1.82) is 0 Å². The van der Waals surface area contributed by atoms with Crippen molar-refractivity contribution < 1.29 is 27.4 Å². The van der Waals surface area contributed by atoms with E-state index in [0.717, 1.165) is 23.9 Å². The van der Waals surface area contributed by atoms with Gasteiger partial charge in [-0.2, -0.15) is 14.0 Å². The lowest BCUT2D eigenvalue weighted by Gasteiger charge is -2.49. The Hall–Kier alpha value is -2.84. The van der Waals surface area contributed by atoms with Crippen molar-refractivity contribution in [2.75, 3.05) is 23.0 Å². The average molecular weight is 568 g/mol. The molecular formula is C25H38FN7O5S. The fourth-order valence-electron chi connectivity index (χ4n) is 5.37. The number of hydrogen-bond donors (Lipinski definition) is 2. The number of rotatable bonds is 7. The highest BCUT2D eigenvalue weighted by molar-refractivity contribution is 7.89. The lowest BCUT2D eigenvalue weighted by atomic mass is 9.83. The van der Waals surface area contributed by atoms with Gasteiger partial charge in [0.2, 0.25) is 16.0 Å². The molecule has 12 nitrogen and oxygen atoms in total. The van der Waals surface area contributed by atoms with Gasteiger partial charge >= 0.3 is 6.09 Å². The molecule has 0 aliphatic carbocycles. The molecule has 2 N–H and O–H groups in total. The smallest absolute Gasteiger partial charge is 0.435 e. The highest BCUT2D eigenvalue weighted by atomic mass is 32.2. The number of carbonyl (C=O) groups excluding carboxylic acids is 1. The van der Waals surface area contributed by atoms with Crippen LogP contribution in [0.1, 0.15) is 71.2 Å². The molecule has 14 heteroatoms. The number of halogens is 1. The van der Waals surface area contributed by atoms with Gasteiger partial charge in [-0.3, -0.25) is 0 Å². The van der Waals surface area contributed by atoms with Crippen LogP contribution < -0.4 is 10.2 Å². The van der Waals surface area contributed by atoms with Crippen molar-refractivity contribution in [3.63, 3.8) is 0 Å².